The van der Waals surface area contributed by atoms with Crippen molar-refractivity contribution in [3.05, 3.63) is 53.6 Å². The first-order chi connectivity index (χ1) is 12.9. The van der Waals surface area contributed by atoms with E-state index in [-0.39, 0.29) is 36.6 Å². The van der Waals surface area contributed by atoms with Crippen molar-refractivity contribution >= 4 is 29.9 Å². The first-order valence-electron chi connectivity index (χ1n) is 9.41. The summed E-state index contributed by atoms with van der Waals surface area (Å²) in [6.45, 7) is 4.54. The maximum absolute atomic E-state index is 12.6. The van der Waals surface area contributed by atoms with E-state index < -0.39 is 5.54 Å². The third-order valence-electron chi connectivity index (χ3n) is 5.56. The monoisotopic (exact) mass is 399 g/mol. The van der Waals surface area contributed by atoms with Gasteiger partial charge in [0.2, 0.25) is 11.8 Å². The minimum atomic E-state index is -0.465. The second-order valence-corrected chi connectivity index (χ2v) is 8.16. The van der Waals surface area contributed by atoms with Gasteiger partial charge in [0.1, 0.15) is 0 Å². The quantitative estimate of drug-likeness (QED) is 0.708. The SMILES string of the molecule is CC(C)(CN)NC(=O)C1CC(=O)N(c2ccc3c(c2)Cc2ccccc2-3)C1.Cl. The Balaban J connectivity index is 0.00000225. The Morgan fingerprint density at radius 3 is 2.64 bits per heavy atom. The van der Waals surface area contributed by atoms with E-state index in [9.17, 15) is 9.59 Å². The summed E-state index contributed by atoms with van der Waals surface area (Å²) in [5, 5.41) is 2.95. The zero-order chi connectivity index (χ0) is 19.2. The Morgan fingerprint density at radius 1 is 1.18 bits per heavy atom. The summed E-state index contributed by atoms with van der Waals surface area (Å²) in [5.41, 5.74) is 11.2. The minimum Gasteiger partial charge on any atom is -0.350 e. The van der Waals surface area contributed by atoms with Gasteiger partial charge in [0.25, 0.3) is 0 Å². The number of rotatable bonds is 4. The molecule has 1 aliphatic heterocycles. The molecule has 0 aromatic heterocycles. The maximum Gasteiger partial charge on any atom is 0.227 e. The molecule has 2 aliphatic rings. The van der Waals surface area contributed by atoms with E-state index in [0.717, 1.165) is 12.1 Å². The number of carbonyl (C=O) groups is 2. The zero-order valence-corrected chi connectivity index (χ0v) is 17.0. The lowest BCUT2D eigenvalue weighted by molar-refractivity contribution is -0.127. The summed E-state index contributed by atoms with van der Waals surface area (Å²) in [6, 6.07) is 14.6. The van der Waals surface area contributed by atoms with Crippen LogP contribution in [0.25, 0.3) is 11.1 Å². The molecule has 2 aromatic rings. The van der Waals surface area contributed by atoms with E-state index in [1.807, 2.05) is 19.9 Å². The molecular weight excluding hydrogens is 374 g/mol. The van der Waals surface area contributed by atoms with Crippen molar-refractivity contribution in [2.24, 2.45) is 11.7 Å². The van der Waals surface area contributed by atoms with Gasteiger partial charge in [0, 0.05) is 30.7 Å². The van der Waals surface area contributed by atoms with Crippen LogP contribution in [0.3, 0.4) is 0 Å². The number of halogens is 1. The number of hydrogen-bond donors (Lipinski definition) is 2. The Kier molecular flexibility index (Phi) is 5.50. The number of nitrogens with one attached hydrogen (secondary N) is 1. The van der Waals surface area contributed by atoms with Gasteiger partial charge in [0.05, 0.1) is 5.92 Å². The standard InChI is InChI=1S/C22H25N3O2.ClH/c1-22(2,13-23)24-21(27)16-11-20(26)25(12-16)17-7-8-19-15(10-17)9-14-5-3-4-6-18(14)19;/h3-8,10,16H,9,11-13,23H2,1-2H3,(H,24,27);1H. The average Bonchev–Trinajstić information content (AvgIpc) is 3.21. The van der Waals surface area contributed by atoms with Crippen molar-refractivity contribution in [3.8, 4) is 11.1 Å². The predicted octanol–water partition coefficient (Wildman–Crippen LogP) is 2.89. The zero-order valence-electron chi connectivity index (χ0n) is 16.2. The van der Waals surface area contributed by atoms with Crippen LogP contribution in [0.2, 0.25) is 0 Å². The number of hydrogen-bond acceptors (Lipinski definition) is 3. The molecule has 1 fully saturated rings. The third kappa shape index (κ3) is 3.64. The first-order valence-corrected chi connectivity index (χ1v) is 9.41. The normalized spacial score (nSPS) is 17.8. The van der Waals surface area contributed by atoms with Gasteiger partial charge >= 0.3 is 0 Å². The van der Waals surface area contributed by atoms with Gasteiger partial charge in [-0.05, 0) is 54.7 Å². The largest absolute Gasteiger partial charge is 0.350 e. The molecule has 1 saturated heterocycles. The van der Waals surface area contributed by atoms with Crippen LogP contribution in [0, 0.1) is 5.92 Å². The molecule has 1 heterocycles. The number of anilines is 1. The van der Waals surface area contributed by atoms with Crippen LogP contribution in [0.5, 0.6) is 0 Å². The Hall–Kier alpha value is -2.37. The van der Waals surface area contributed by atoms with Crippen LogP contribution in [-0.2, 0) is 16.0 Å². The first kappa shape index (κ1) is 20.4. The number of nitrogens with zero attached hydrogens (tertiary/aromatic N) is 1. The number of amides is 2. The van der Waals surface area contributed by atoms with Gasteiger partial charge in [-0.3, -0.25) is 9.59 Å². The summed E-state index contributed by atoms with van der Waals surface area (Å²) in [7, 11) is 0. The molecule has 0 spiro atoms. The van der Waals surface area contributed by atoms with E-state index >= 15 is 0 Å². The lowest BCUT2D eigenvalue weighted by atomic mass is 10.0. The fourth-order valence-electron chi connectivity index (χ4n) is 3.92. The molecule has 0 radical (unpaired) electrons. The molecule has 148 valence electrons. The second-order valence-electron chi connectivity index (χ2n) is 8.16. The molecule has 2 amide bonds. The molecule has 1 unspecified atom stereocenters. The lowest BCUT2D eigenvalue weighted by Gasteiger charge is -2.26. The number of nitrogens with two attached hydrogens (primary N) is 1. The van der Waals surface area contributed by atoms with E-state index in [1.54, 1.807) is 4.90 Å². The topological polar surface area (TPSA) is 75.4 Å². The van der Waals surface area contributed by atoms with Crippen LogP contribution in [-0.4, -0.2) is 30.4 Å². The molecule has 28 heavy (non-hydrogen) atoms. The number of carbonyl (C=O) groups excluding carboxylic acids is 2. The van der Waals surface area contributed by atoms with Crippen molar-refractivity contribution in [2.45, 2.75) is 32.2 Å². The predicted molar refractivity (Wildman–Crippen MR) is 114 cm³/mol. The average molecular weight is 400 g/mol. The van der Waals surface area contributed by atoms with E-state index in [1.165, 1.54) is 22.3 Å². The highest BCUT2D eigenvalue weighted by molar-refractivity contribution is 6.00. The Morgan fingerprint density at radius 2 is 1.89 bits per heavy atom. The number of benzene rings is 2. The van der Waals surface area contributed by atoms with E-state index in [0.29, 0.717) is 13.1 Å². The van der Waals surface area contributed by atoms with Crippen molar-refractivity contribution < 1.29 is 9.59 Å². The molecule has 2 aromatic carbocycles. The van der Waals surface area contributed by atoms with Gasteiger partial charge < -0.3 is 16.0 Å². The fourth-order valence-corrected chi connectivity index (χ4v) is 3.92. The number of fused-ring (bicyclic) bond motifs is 3. The minimum absolute atomic E-state index is 0. The van der Waals surface area contributed by atoms with E-state index in [2.05, 4.69) is 41.7 Å². The Labute approximate surface area is 171 Å². The molecule has 0 bridgehead atoms. The summed E-state index contributed by atoms with van der Waals surface area (Å²) < 4.78 is 0. The smallest absolute Gasteiger partial charge is 0.227 e. The van der Waals surface area contributed by atoms with Crippen molar-refractivity contribution in [2.75, 3.05) is 18.0 Å². The Bertz CT molecular complexity index is 926. The highest BCUT2D eigenvalue weighted by Crippen LogP contribution is 2.39. The van der Waals surface area contributed by atoms with Crippen LogP contribution < -0.4 is 16.0 Å². The molecule has 3 N–H and O–H groups in total. The van der Waals surface area contributed by atoms with Gasteiger partial charge in [-0.25, -0.2) is 0 Å². The summed E-state index contributed by atoms with van der Waals surface area (Å²) >= 11 is 0. The van der Waals surface area contributed by atoms with Gasteiger partial charge in [0.15, 0.2) is 0 Å². The molecule has 5 nitrogen and oxygen atoms in total. The van der Waals surface area contributed by atoms with E-state index in [4.69, 9.17) is 5.73 Å². The van der Waals surface area contributed by atoms with Crippen molar-refractivity contribution in [1.82, 2.24) is 5.32 Å². The summed E-state index contributed by atoms with van der Waals surface area (Å²) in [6.07, 6.45) is 1.12. The fraction of sp³-hybridized carbons (Fsp3) is 0.364. The molecule has 6 heteroatoms. The van der Waals surface area contributed by atoms with Gasteiger partial charge in [-0.15, -0.1) is 12.4 Å². The van der Waals surface area contributed by atoms with Gasteiger partial charge in [-0.2, -0.15) is 0 Å². The van der Waals surface area contributed by atoms with Crippen molar-refractivity contribution in [1.29, 1.82) is 0 Å². The highest BCUT2D eigenvalue weighted by atomic mass is 35.5. The molecule has 4 rings (SSSR count). The summed E-state index contributed by atoms with van der Waals surface area (Å²) in [4.78, 5) is 26.8. The summed E-state index contributed by atoms with van der Waals surface area (Å²) in [5.74, 6) is -0.445. The van der Waals surface area contributed by atoms with Crippen LogP contribution in [0.1, 0.15) is 31.4 Å². The molecule has 1 atom stereocenters. The molecular formula is C22H26ClN3O2. The van der Waals surface area contributed by atoms with Gasteiger partial charge in [-0.1, -0.05) is 30.3 Å². The van der Waals surface area contributed by atoms with Crippen LogP contribution in [0.4, 0.5) is 5.69 Å². The lowest BCUT2D eigenvalue weighted by Crippen LogP contribution is -2.51. The maximum atomic E-state index is 12.6. The second kappa shape index (κ2) is 7.57. The molecule has 1 aliphatic carbocycles. The van der Waals surface area contributed by atoms with Crippen LogP contribution >= 0.6 is 12.4 Å². The van der Waals surface area contributed by atoms with Crippen LogP contribution in [0.15, 0.2) is 42.5 Å². The molecule has 0 saturated carbocycles. The third-order valence-corrected chi connectivity index (χ3v) is 5.56. The van der Waals surface area contributed by atoms with Crippen molar-refractivity contribution in [3.63, 3.8) is 0 Å². The highest BCUT2D eigenvalue weighted by Gasteiger charge is 2.37.